The van der Waals surface area contributed by atoms with Crippen LogP contribution in [0.2, 0.25) is 0 Å². The summed E-state index contributed by atoms with van der Waals surface area (Å²) >= 11 is 1.89. The fourth-order valence-electron chi connectivity index (χ4n) is 2.30. The van der Waals surface area contributed by atoms with Crippen LogP contribution >= 0.6 is 11.3 Å². The van der Waals surface area contributed by atoms with Gasteiger partial charge in [-0.25, -0.2) is 4.98 Å². The number of nitrogens with zero attached hydrogens (tertiary/aromatic N) is 2. The summed E-state index contributed by atoms with van der Waals surface area (Å²) in [4.78, 5) is 8.78. The van der Waals surface area contributed by atoms with Crippen LogP contribution in [0, 0.1) is 0 Å². The normalized spacial score (nSPS) is 15.2. The molecule has 0 atom stereocenters. The van der Waals surface area contributed by atoms with Crippen LogP contribution in [0.3, 0.4) is 0 Å². The minimum absolute atomic E-state index is 0.732. The molecule has 0 amide bonds. The minimum atomic E-state index is 0.732. The Kier molecular flexibility index (Phi) is 6.42. The van der Waals surface area contributed by atoms with Crippen molar-refractivity contribution in [3.63, 3.8) is 0 Å². The third-order valence-electron chi connectivity index (χ3n) is 3.76. The zero-order valence-corrected chi connectivity index (χ0v) is 13.8. The Hall–Kier alpha value is -0.490. The van der Waals surface area contributed by atoms with E-state index in [9.17, 15) is 0 Å². The molecule has 20 heavy (non-hydrogen) atoms. The molecule has 4 nitrogen and oxygen atoms in total. The third kappa shape index (κ3) is 4.52. The molecule has 114 valence electrons. The van der Waals surface area contributed by atoms with Crippen molar-refractivity contribution in [2.75, 3.05) is 33.4 Å². The molecule has 1 saturated carbocycles. The maximum absolute atomic E-state index is 5.08. The standard InChI is InChI=1S/C15H27N3OS/c1-4-18(5-2)11-14-17-15(12-6-7-12)13(20-14)10-16-8-9-19-3/h12,16H,4-11H2,1-3H3. The third-order valence-corrected chi connectivity index (χ3v) is 4.81. The van der Waals surface area contributed by atoms with Crippen LogP contribution in [-0.4, -0.2) is 43.2 Å². The topological polar surface area (TPSA) is 37.4 Å². The molecule has 1 heterocycles. The Morgan fingerprint density at radius 1 is 1.35 bits per heavy atom. The first-order valence-corrected chi connectivity index (χ1v) is 8.50. The largest absolute Gasteiger partial charge is 0.383 e. The van der Waals surface area contributed by atoms with Crippen molar-refractivity contribution in [3.05, 3.63) is 15.6 Å². The summed E-state index contributed by atoms with van der Waals surface area (Å²) in [6, 6.07) is 0. The van der Waals surface area contributed by atoms with Crippen LogP contribution in [0.1, 0.15) is 48.2 Å². The second kappa shape index (κ2) is 8.08. The van der Waals surface area contributed by atoms with E-state index in [-0.39, 0.29) is 0 Å². The fraction of sp³-hybridized carbons (Fsp3) is 0.800. The van der Waals surface area contributed by atoms with Gasteiger partial charge in [0.2, 0.25) is 0 Å². The summed E-state index contributed by atoms with van der Waals surface area (Å²) in [6.07, 6.45) is 2.64. The second-order valence-corrected chi connectivity index (χ2v) is 6.49. The zero-order chi connectivity index (χ0) is 14.4. The predicted octanol–water partition coefficient (Wildman–Crippen LogP) is 2.60. The molecule has 0 unspecified atom stereocenters. The van der Waals surface area contributed by atoms with Crippen LogP contribution < -0.4 is 5.32 Å². The second-order valence-electron chi connectivity index (χ2n) is 5.32. The van der Waals surface area contributed by atoms with Gasteiger partial charge in [0, 0.05) is 31.0 Å². The van der Waals surface area contributed by atoms with Crippen molar-refractivity contribution in [2.45, 2.75) is 45.7 Å². The molecule has 1 fully saturated rings. The van der Waals surface area contributed by atoms with Gasteiger partial charge in [-0.05, 0) is 25.9 Å². The van der Waals surface area contributed by atoms with E-state index in [1.54, 1.807) is 7.11 Å². The van der Waals surface area contributed by atoms with Crippen molar-refractivity contribution >= 4 is 11.3 Å². The SMILES string of the molecule is CCN(CC)Cc1nc(C2CC2)c(CNCCOC)s1. The average molecular weight is 297 g/mol. The van der Waals surface area contributed by atoms with Crippen molar-refractivity contribution in [1.82, 2.24) is 15.2 Å². The van der Waals surface area contributed by atoms with Gasteiger partial charge in [-0.3, -0.25) is 4.90 Å². The molecule has 1 aliphatic carbocycles. The van der Waals surface area contributed by atoms with Crippen molar-refractivity contribution in [1.29, 1.82) is 0 Å². The van der Waals surface area contributed by atoms with Crippen LogP contribution in [0.25, 0.3) is 0 Å². The van der Waals surface area contributed by atoms with Crippen LogP contribution in [0.5, 0.6) is 0 Å². The molecule has 0 saturated heterocycles. The van der Waals surface area contributed by atoms with E-state index < -0.39 is 0 Å². The first kappa shape index (κ1) is 15.9. The quantitative estimate of drug-likeness (QED) is 0.674. The first-order chi connectivity index (χ1) is 9.78. The maximum Gasteiger partial charge on any atom is 0.107 e. The molecule has 5 heteroatoms. The number of aromatic nitrogens is 1. The number of hydrogen-bond acceptors (Lipinski definition) is 5. The zero-order valence-electron chi connectivity index (χ0n) is 12.9. The van der Waals surface area contributed by atoms with Gasteiger partial charge in [0.15, 0.2) is 0 Å². The molecule has 1 aromatic heterocycles. The van der Waals surface area contributed by atoms with E-state index in [2.05, 4.69) is 24.1 Å². The van der Waals surface area contributed by atoms with E-state index in [0.29, 0.717) is 0 Å². The molecule has 0 bridgehead atoms. The molecule has 1 N–H and O–H groups in total. The van der Waals surface area contributed by atoms with Gasteiger partial charge in [-0.15, -0.1) is 11.3 Å². The lowest BCUT2D eigenvalue weighted by Gasteiger charge is -2.15. The number of hydrogen-bond donors (Lipinski definition) is 1. The first-order valence-electron chi connectivity index (χ1n) is 7.68. The lowest BCUT2D eigenvalue weighted by molar-refractivity contribution is 0.199. The Labute approximate surface area is 126 Å². The Balaban J connectivity index is 1.96. The van der Waals surface area contributed by atoms with Crippen molar-refractivity contribution in [3.8, 4) is 0 Å². The molecular weight excluding hydrogens is 270 g/mol. The Morgan fingerprint density at radius 2 is 2.10 bits per heavy atom. The molecule has 1 aromatic rings. The lowest BCUT2D eigenvalue weighted by Crippen LogP contribution is -2.21. The van der Waals surface area contributed by atoms with Gasteiger partial charge in [-0.2, -0.15) is 0 Å². The van der Waals surface area contributed by atoms with Gasteiger partial charge in [0.1, 0.15) is 5.01 Å². The molecule has 2 rings (SSSR count). The molecule has 1 aliphatic rings. The van der Waals surface area contributed by atoms with Gasteiger partial charge in [0.25, 0.3) is 0 Å². The van der Waals surface area contributed by atoms with Gasteiger partial charge in [0.05, 0.1) is 18.8 Å². The van der Waals surface area contributed by atoms with Gasteiger partial charge in [-0.1, -0.05) is 13.8 Å². The Morgan fingerprint density at radius 3 is 2.70 bits per heavy atom. The fourth-order valence-corrected chi connectivity index (χ4v) is 3.47. The summed E-state index contributed by atoms with van der Waals surface area (Å²) in [5.41, 5.74) is 1.36. The molecule has 0 radical (unpaired) electrons. The summed E-state index contributed by atoms with van der Waals surface area (Å²) in [5, 5.41) is 4.73. The summed E-state index contributed by atoms with van der Waals surface area (Å²) in [7, 11) is 1.74. The highest BCUT2D eigenvalue weighted by atomic mass is 32.1. The lowest BCUT2D eigenvalue weighted by atomic mass is 10.2. The molecule has 0 aromatic carbocycles. The highest BCUT2D eigenvalue weighted by Crippen LogP contribution is 2.42. The highest BCUT2D eigenvalue weighted by molar-refractivity contribution is 7.11. The van der Waals surface area contributed by atoms with Crippen molar-refractivity contribution < 1.29 is 4.74 Å². The maximum atomic E-state index is 5.08. The van der Waals surface area contributed by atoms with Gasteiger partial charge < -0.3 is 10.1 Å². The minimum Gasteiger partial charge on any atom is -0.383 e. The van der Waals surface area contributed by atoms with E-state index in [1.807, 2.05) is 11.3 Å². The Bertz CT molecular complexity index is 400. The van der Waals surface area contributed by atoms with E-state index in [4.69, 9.17) is 9.72 Å². The molecule has 0 spiro atoms. The van der Waals surface area contributed by atoms with Crippen molar-refractivity contribution in [2.24, 2.45) is 0 Å². The number of methoxy groups -OCH3 is 1. The average Bonchev–Trinajstić information content (AvgIpc) is 3.23. The molecular formula is C15H27N3OS. The monoisotopic (exact) mass is 297 g/mol. The number of rotatable bonds is 10. The summed E-state index contributed by atoms with van der Waals surface area (Å²) < 4.78 is 5.08. The van der Waals surface area contributed by atoms with Crippen LogP contribution in [0.4, 0.5) is 0 Å². The predicted molar refractivity (Wildman–Crippen MR) is 84.3 cm³/mol. The molecule has 0 aliphatic heterocycles. The van der Waals surface area contributed by atoms with E-state index in [0.717, 1.165) is 45.2 Å². The van der Waals surface area contributed by atoms with Gasteiger partial charge >= 0.3 is 0 Å². The van der Waals surface area contributed by atoms with E-state index in [1.165, 1.54) is 28.4 Å². The van der Waals surface area contributed by atoms with Crippen LogP contribution in [0.15, 0.2) is 0 Å². The number of thiazole rings is 1. The summed E-state index contributed by atoms with van der Waals surface area (Å²) in [6.45, 7) is 10.2. The number of nitrogens with one attached hydrogen (secondary N) is 1. The van der Waals surface area contributed by atoms with E-state index >= 15 is 0 Å². The number of ether oxygens (including phenoxy) is 1. The smallest absolute Gasteiger partial charge is 0.107 e. The highest BCUT2D eigenvalue weighted by Gasteiger charge is 2.29. The van der Waals surface area contributed by atoms with Crippen LogP contribution in [-0.2, 0) is 17.8 Å². The summed E-state index contributed by atoms with van der Waals surface area (Å²) in [5.74, 6) is 0.732.